The van der Waals surface area contributed by atoms with Crippen LogP contribution in [0.2, 0.25) is 0 Å². The number of amides is 3. The molecule has 0 radical (unpaired) electrons. The van der Waals surface area contributed by atoms with E-state index in [1.807, 2.05) is 0 Å². The number of aromatic hydroxyl groups is 6. The van der Waals surface area contributed by atoms with Crippen molar-refractivity contribution in [2.75, 3.05) is 13.1 Å². The molecule has 0 aliphatic rings. The van der Waals surface area contributed by atoms with E-state index in [9.17, 15) is 45.0 Å². The second-order valence-electron chi connectivity index (χ2n) is 9.01. The Morgan fingerprint density at radius 1 is 0.575 bits per heavy atom. The number of para-hydroxylation sites is 3. The normalized spacial score (nSPS) is 11.4. The van der Waals surface area contributed by atoms with Crippen molar-refractivity contribution in [2.45, 2.75) is 31.7 Å². The van der Waals surface area contributed by atoms with Gasteiger partial charge in [0.15, 0.2) is 34.5 Å². The number of hydrogen-bond acceptors (Lipinski definition) is 9. The maximum Gasteiger partial charge on any atom is 0.255 e. The predicted molar refractivity (Wildman–Crippen MR) is 144 cm³/mol. The Morgan fingerprint density at radius 3 is 1.52 bits per heavy atom. The maximum absolute atomic E-state index is 12.8. The van der Waals surface area contributed by atoms with Crippen LogP contribution in [-0.4, -0.2) is 67.5 Å². The molecule has 212 valence electrons. The Bertz CT molecular complexity index is 1380. The summed E-state index contributed by atoms with van der Waals surface area (Å²) in [5, 5.41) is 66.7. The third kappa shape index (κ3) is 7.47. The van der Waals surface area contributed by atoms with Gasteiger partial charge in [-0.15, -0.1) is 0 Å². The van der Waals surface area contributed by atoms with E-state index in [0.717, 1.165) is 0 Å². The van der Waals surface area contributed by atoms with Crippen LogP contribution in [-0.2, 0) is 0 Å². The van der Waals surface area contributed by atoms with E-state index in [0.29, 0.717) is 25.7 Å². The van der Waals surface area contributed by atoms with Crippen LogP contribution < -0.4 is 16.0 Å². The summed E-state index contributed by atoms with van der Waals surface area (Å²) in [5.41, 5.74) is -0.351. The lowest BCUT2D eigenvalue weighted by Crippen LogP contribution is -2.43. The van der Waals surface area contributed by atoms with Gasteiger partial charge in [0.25, 0.3) is 17.7 Å². The number of carbonyl (C=O) groups excluding carboxylic acids is 3. The first-order chi connectivity index (χ1) is 19.1. The molecule has 3 rings (SSSR count). The number of rotatable bonds is 12. The highest BCUT2D eigenvalue weighted by molar-refractivity contribution is 5.99. The van der Waals surface area contributed by atoms with E-state index in [4.69, 9.17) is 0 Å². The number of unbranched alkanes of at least 4 members (excludes halogenated alkanes) is 2. The van der Waals surface area contributed by atoms with Crippen molar-refractivity contribution in [3.8, 4) is 34.5 Å². The first kappa shape index (κ1) is 29.4. The Morgan fingerprint density at radius 2 is 1.02 bits per heavy atom. The highest BCUT2D eigenvalue weighted by Crippen LogP contribution is 2.30. The van der Waals surface area contributed by atoms with E-state index >= 15 is 0 Å². The topological polar surface area (TPSA) is 209 Å². The third-order valence-corrected chi connectivity index (χ3v) is 6.14. The number of nitrogens with one attached hydrogen (secondary N) is 3. The number of phenols is 6. The van der Waals surface area contributed by atoms with Crippen LogP contribution in [0.3, 0.4) is 0 Å². The van der Waals surface area contributed by atoms with Crippen molar-refractivity contribution in [3.63, 3.8) is 0 Å². The largest absolute Gasteiger partial charge is 0.504 e. The first-order valence-corrected chi connectivity index (χ1v) is 12.5. The zero-order valence-corrected chi connectivity index (χ0v) is 21.4. The summed E-state index contributed by atoms with van der Waals surface area (Å²) in [4.78, 5) is 37.6. The molecule has 0 saturated heterocycles. The molecular weight excluding hydrogens is 522 g/mol. The van der Waals surface area contributed by atoms with Gasteiger partial charge < -0.3 is 46.6 Å². The molecule has 0 bridgehead atoms. The summed E-state index contributed by atoms with van der Waals surface area (Å²) in [5.74, 6) is -4.86. The van der Waals surface area contributed by atoms with Gasteiger partial charge in [-0.3, -0.25) is 14.4 Å². The highest BCUT2D eigenvalue weighted by atomic mass is 16.3. The first-order valence-electron chi connectivity index (χ1n) is 12.5. The van der Waals surface area contributed by atoms with Crippen molar-refractivity contribution >= 4 is 17.7 Å². The number of carbonyl (C=O) groups is 3. The van der Waals surface area contributed by atoms with Crippen LogP contribution in [0.25, 0.3) is 0 Å². The van der Waals surface area contributed by atoms with Crippen molar-refractivity contribution in [1.82, 2.24) is 16.0 Å². The highest BCUT2D eigenvalue weighted by Gasteiger charge is 2.20. The van der Waals surface area contributed by atoms with Crippen molar-refractivity contribution in [3.05, 3.63) is 71.3 Å². The number of benzene rings is 3. The summed E-state index contributed by atoms with van der Waals surface area (Å²) in [6.45, 7) is 0.238. The standard InChI is InChI=1S/C28H31N3O9/c32-20-11-4-8-17(23(20)35)26(38)29-14-3-1-2-7-16(31-28(40)19-10-6-13-22(34)25(19)37)15-30-27(39)18-9-5-12-21(33)24(18)36/h4-6,8-13,16,32-37H,1-3,7,14-15H2,(H,29,38)(H,30,39)(H,31,40)/t16-/m0/s1. The van der Waals surface area contributed by atoms with Gasteiger partial charge >= 0.3 is 0 Å². The molecule has 0 aliphatic heterocycles. The molecule has 40 heavy (non-hydrogen) atoms. The lowest BCUT2D eigenvalue weighted by molar-refractivity contribution is 0.0902. The molecule has 12 nitrogen and oxygen atoms in total. The van der Waals surface area contributed by atoms with Crippen molar-refractivity contribution in [1.29, 1.82) is 0 Å². The van der Waals surface area contributed by atoms with Gasteiger partial charge in [-0.2, -0.15) is 0 Å². The predicted octanol–water partition coefficient (Wildman–Crippen LogP) is 2.44. The van der Waals surface area contributed by atoms with E-state index in [-0.39, 0.29) is 29.8 Å². The lowest BCUT2D eigenvalue weighted by Gasteiger charge is -2.20. The van der Waals surface area contributed by atoms with Crippen LogP contribution >= 0.6 is 0 Å². The third-order valence-electron chi connectivity index (χ3n) is 6.14. The molecule has 12 heteroatoms. The van der Waals surface area contributed by atoms with Gasteiger partial charge in [-0.05, 0) is 49.2 Å². The smallest absolute Gasteiger partial charge is 0.255 e. The number of phenolic OH excluding ortho intramolecular Hbond substituents is 6. The van der Waals surface area contributed by atoms with Crippen molar-refractivity contribution in [2.24, 2.45) is 0 Å². The van der Waals surface area contributed by atoms with E-state index in [1.165, 1.54) is 54.6 Å². The quantitative estimate of drug-likeness (QED) is 0.119. The molecule has 0 aromatic heterocycles. The second-order valence-corrected chi connectivity index (χ2v) is 9.01. The van der Waals surface area contributed by atoms with Crippen LogP contribution in [0.5, 0.6) is 34.5 Å². The Kier molecular flexibility index (Phi) is 10.0. The zero-order valence-electron chi connectivity index (χ0n) is 21.4. The summed E-state index contributed by atoms with van der Waals surface area (Å²) < 4.78 is 0. The summed E-state index contributed by atoms with van der Waals surface area (Å²) in [7, 11) is 0. The van der Waals surface area contributed by atoms with Crippen LogP contribution in [0.4, 0.5) is 0 Å². The van der Waals surface area contributed by atoms with Gasteiger partial charge in [0.2, 0.25) is 0 Å². The van der Waals surface area contributed by atoms with E-state index in [1.54, 1.807) is 0 Å². The van der Waals surface area contributed by atoms with E-state index in [2.05, 4.69) is 16.0 Å². The summed E-state index contributed by atoms with van der Waals surface area (Å²) in [6, 6.07) is 11.4. The number of hydrogen-bond donors (Lipinski definition) is 9. The fourth-order valence-corrected chi connectivity index (χ4v) is 3.93. The molecule has 3 amide bonds. The van der Waals surface area contributed by atoms with Gasteiger partial charge in [-0.25, -0.2) is 0 Å². The average Bonchev–Trinajstić information content (AvgIpc) is 2.93. The molecule has 3 aromatic rings. The van der Waals surface area contributed by atoms with Gasteiger partial charge in [0, 0.05) is 19.1 Å². The second kappa shape index (κ2) is 13.6. The molecule has 0 heterocycles. The van der Waals surface area contributed by atoms with Gasteiger partial charge in [0.1, 0.15) is 0 Å². The molecule has 1 atom stereocenters. The van der Waals surface area contributed by atoms with Crippen LogP contribution in [0.15, 0.2) is 54.6 Å². The van der Waals surface area contributed by atoms with E-state index < -0.39 is 58.3 Å². The van der Waals surface area contributed by atoms with Gasteiger partial charge in [0.05, 0.1) is 16.7 Å². The average molecular weight is 554 g/mol. The molecule has 9 N–H and O–H groups in total. The minimum Gasteiger partial charge on any atom is -0.504 e. The molecule has 3 aromatic carbocycles. The van der Waals surface area contributed by atoms with Crippen LogP contribution in [0.1, 0.15) is 56.8 Å². The summed E-state index contributed by atoms with van der Waals surface area (Å²) >= 11 is 0. The minimum absolute atomic E-state index is 0.0488. The molecule has 0 unspecified atom stereocenters. The Labute approximate surface area is 229 Å². The Balaban J connectivity index is 1.56. The molecule has 0 aliphatic carbocycles. The maximum atomic E-state index is 12.8. The van der Waals surface area contributed by atoms with Crippen LogP contribution in [0, 0.1) is 0 Å². The SMILES string of the molecule is O=C(NCCCCC[C@@H](CNC(=O)c1cccc(O)c1O)NC(=O)c1cccc(O)c1O)c1cccc(O)c1O. The fourth-order valence-electron chi connectivity index (χ4n) is 3.93. The van der Waals surface area contributed by atoms with Gasteiger partial charge in [-0.1, -0.05) is 31.0 Å². The zero-order chi connectivity index (χ0) is 29.2. The summed E-state index contributed by atoms with van der Waals surface area (Å²) in [6.07, 6.45) is 2.14. The Hall–Kier alpha value is -5.13. The molecule has 0 fully saturated rings. The molecule has 0 saturated carbocycles. The van der Waals surface area contributed by atoms with Crippen molar-refractivity contribution < 1.29 is 45.0 Å². The minimum atomic E-state index is -0.675. The lowest BCUT2D eigenvalue weighted by atomic mass is 10.1. The molecule has 0 spiro atoms. The monoisotopic (exact) mass is 553 g/mol. The molecular formula is C28H31N3O9. The fraction of sp³-hybridized carbons (Fsp3) is 0.250.